The first kappa shape index (κ1) is 12.3. The van der Waals surface area contributed by atoms with Gasteiger partial charge in [0.25, 0.3) is 0 Å². The number of halogens is 5. The van der Waals surface area contributed by atoms with E-state index < -0.39 is 18.0 Å². The van der Waals surface area contributed by atoms with Gasteiger partial charge in [0.1, 0.15) is 0 Å². The fraction of sp³-hybridized carbons (Fsp3) is 0.500. The SMILES string of the molecule is Cc1sc(C(Cl)CC(F)(F)F)cc1Br. The van der Waals surface area contributed by atoms with Gasteiger partial charge in [0.15, 0.2) is 0 Å². The maximum Gasteiger partial charge on any atom is 0.390 e. The van der Waals surface area contributed by atoms with E-state index in [1.54, 1.807) is 6.07 Å². The molecule has 0 saturated heterocycles. The van der Waals surface area contributed by atoms with E-state index in [9.17, 15) is 13.2 Å². The lowest BCUT2D eigenvalue weighted by Crippen LogP contribution is -2.09. The molecule has 0 radical (unpaired) electrons. The first-order valence-electron chi connectivity index (χ1n) is 3.76. The van der Waals surface area contributed by atoms with Crippen LogP contribution in [0.25, 0.3) is 0 Å². The van der Waals surface area contributed by atoms with Crippen LogP contribution >= 0.6 is 38.9 Å². The zero-order valence-electron chi connectivity index (χ0n) is 7.16. The van der Waals surface area contributed by atoms with Crippen molar-refractivity contribution >= 4 is 38.9 Å². The fourth-order valence-corrected chi connectivity index (χ4v) is 2.85. The van der Waals surface area contributed by atoms with E-state index in [2.05, 4.69) is 15.9 Å². The minimum absolute atomic E-state index is 0.549. The highest BCUT2D eigenvalue weighted by Gasteiger charge is 2.32. The molecular weight excluding hydrogens is 301 g/mol. The molecule has 0 N–H and O–H groups in total. The molecule has 80 valence electrons. The predicted octanol–water partition coefficient (Wildman–Crippen LogP) is 5.05. The van der Waals surface area contributed by atoms with E-state index in [-0.39, 0.29) is 0 Å². The van der Waals surface area contributed by atoms with Crippen molar-refractivity contribution in [2.24, 2.45) is 0 Å². The Morgan fingerprint density at radius 1 is 1.57 bits per heavy atom. The number of alkyl halides is 4. The van der Waals surface area contributed by atoms with Gasteiger partial charge in [-0.2, -0.15) is 13.2 Å². The second-order valence-corrected chi connectivity index (χ2v) is 5.51. The Morgan fingerprint density at radius 2 is 2.14 bits per heavy atom. The van der Waals surface area contributed by atoms with Gasteiger partial charge >= 0.3 is 6.18 Å². The summed E-state index contributed by atoms with van der Waals surface area (Å²) in [4.78, 5) is 1.49. The Labute approximate surface area is 97.2 Å². The van der Waals surface area contributed by atoms with E-state index in [0.717, 1.165) is 9.35 Å². The van der Waals surface area contributed by atoms with Crippen LogP contribution in [-0.4, -0.2) is 6.18 Å². The lowest BCUT2D eigenvalue weighted by molar-refractivity contribution is -0.134. The lowest BCUT2D eigenvalue weighted by atomic mass is 10.2. The summed E-state index contributed by atoms with van der Waals surface area (Å²) in [5.74, 6) is 0. The summed E-state index contributed by atoms with van der Waals surface area (Å²) in [6, 6.07) is 1.64. The molecule has 0 bridgehead atoms. The molecule has 1 rings (SSSR count). The summed E-state index contributed by atoms with van der Waals surface area (Å²) in [5.41, 5.74) is 0. The molecule has 1 atom stereocenters. The average Bonchev–Trinajstić information content (AvgIpc) is 2.28. The van der Waals surface area contributed by atoms with E-state index in [1.807, 2.05) is 6.92 Å². The van der Waals surface area contributed by atoms with Crippen LogP contribution in [-0.2, 0) is 0 Å². The van der Waals surface area contributed by atoms with Crippen molar-refractivity contribution in [3.05, 3.63) is 20.3 Å². The van der Waals surface area contributed by atoms with Crippen LogP contribution in [0.2, 0.25) is 0 Å². The third kappa shape index (κ3) is 3.44. The van der Waals surface area contributed by atoms with Crippen LogP contribution in [0, 0.1) is 6.92 Å². The van der Waals surface area contributed by atoms with Crippen molar-refractivity contribution in [3.8, 4) is 0 Å². The Balaban J connectivity index is 2.75. The number of hydrogen-bond acceptors (Lipinski definition) is 1. The van der Waals surface area contributed by atoms with Crippen molar-refractivity contribution in [3.63, 3.8) is 0 Å². The van der Waals surface area contributed by atoms with Crippen molar-refractivity contribution in [2.75, 3.05) is 0 Å². The van der Waals surface area contributed by atoms with Crippen molar-refractivity contribution in [1.82, 2.24) is 0 Å². The minimum Gasteiger partial charge on any atom is -0.171 e. The third-order valence-corrected chi connectivity index (χ3v) is 4.36. The molecule has 1 heterocycles. The van der Waals surface area contributed by atoms with Gasteiger partial charge in [-0.05, 0) is 28.9 Å². The van der Waals surface area contributed by atoms with E-state index >= 15 is 0 Å². The zero-order chi connectivity index (χ0) is 10.9. The Kier molecular flexibility index (Phi) is 3.88. The molecule has 1 aromatic heterocycles. The second-order valence-electron chi connectivity index (χ2n) is 2.84. The number of rotatable bonds is 2. The molecule has 0 aliphatic carbocycles. The van der Waals surface area contributed by atoms with Crippen LogP contribution in [0.15, 0.2) is 10.5 Å². The molecule has 6 heteroatoms. The number of hydrogen-bond donors (Lipinski definition) is 0. The summed E-state index contributed by atoms with van der Waals surface area (Å²) in [7, 11) is 0. The van der Waals surface area contributed by atoms with Crippen LogP contribution in [0.5, 0.6) is 0 Å². The number of thiophene rings is 1. The molecule has 0 amide bonds. The molecule has 0 aliphatic rings. The van der Waals surface area contributed by atoms with Gasteiger partial charge in [0, 0.05) is 14.2 Å². The molecule has 0 fully saturated rings. The first-order chi connectivity index (χ1) is 6.29. The summed E-state index contributed by atoms with van der Waals surface area (Å²) < 4.78 is 36.8. The molecular formula is C8H7BrClF3S. The van der Waals surface area contributed by atoms with Gasteiger partial charge in [-0.25, -0.2) is 0 Å². The standard InChI is InChI=1S/C8H7BrClF3S/c1-4-5(9)2-7(14-4)6(10)3-8(11,12)13/h2,6H,3H2,1H3. The van der Waals surface area contributed by atoms with Gasteiger partial charge in [-0.15, -0.1) is 22.9 Å². The molecule has 0 aromatic carbocycles. The normalized spacial score (nSPS) is 14.4. The lowest BCUT2D eigenvalue weighted by Gasteiger charge is -2.09. The van der Waals surface area contributed by atoms with Crippen LogP contribution in [0.4, 0.5) is 13.2 Å². The smallest absolute Gasteiger partial charge is 0.171 e. The maximum atomic E-state index is 12.0. The van der Waals surface area contributed by atoms with Gasteiger partial charge in [-0.1, -0.05) is 0 Å². The van der Waals surface area contributed by atoms with Gasteiger partial charge in [0.2, 0.25) is 0 Å². The molecule has 0 spiro atoms. The van der Waals surface area contributed by atoms with Crippen molar-refractivity contribution in [1.29, 1.82) is 0 Å². The molecule has 0 saturated carbocycles. The monoisotopic (exact) mass is 306 g/mol. The average molecular weight is 308 g/mol. The largest absolute Gasteiger partial charge is 0.390 e. The van der Waals surface area contributed by atoms with E-state index in [4.69, 9.17) is 11.6 Å². The highest BCUT2D eigenvalue weighted by Crippen LogP contribution is 2.39. The van der Waals surface area contributed by atoms with Crippen molar-refractivity contribution < 1.29 is 13.2 Å². The van der Waals surface area contributed by atoms with E-state index in [1.165, 1.54) is 11.3 Å². The fourth-order valence-electron chi connectivity index (χ4n) is 0.940. The molecule has 1 unspecified atom stereocenters. The Bertz CT molecular complexity index is 301. The quantitative estimate of drug-likeness (QED) is 0.671. The van der Waals surface area contributed by atoms with E-state index in [0.29, 0.717) is 4.88 Å². The van der Waals surface area contributed by atoms with Crippen LogP contribution < -0.4 is 0 Å². The summed E-state index contributed by atoms with van der Waals surface area (Å²) in [5, 5.41) is -0.981. The van der Waals surface area contributed by atoms with Crippen molar-refractivity contribution in [2.45, 2.75) is 24.9 Å². The molecule has 14 heavy (non-hydrogen) atoms. The van der Waals surface area contributed by atoms with Crippen LogP contribution in [0.1, 0.15) is 21.6 Å². The second kappa shape index (κ2) is 4.41. The van der Waals surface area contributed by atoms with Gasteiger partial charge in [-0.3, -0.25) is 0 Å². The zero-order valence-corrected chi connectivity index (χ0v) is 10.3. The molecule has 1 aromatic rings. The summed E-state index contributed by atoms with van der Waals surface area (Å²) in [6.45, 7) is 1.83. The number of aryl methyl sites for hydroxylation is 1. The highest BCUT2D eigenvalue weighted by molar-refractivity contribution is 9.10. The van der Waals surface area contributed by atoms with Gasteiger partial charge < -0.3 is 0 Å². The minimum atomic E-state index is -4.21. The predicted molar refractivity (Wildman–Crippen MR) is 56.0 cm³/mol. The first-order valence-corrected chi connectivity index (χ1v) is 5.81. The topological polar surface area (TPSA) is 0 Å². The maximum absolute atomic E-state index is 12.0. The van der Waals surface area contributed by atoms with Gasteiger partial charge in [0.05, 0.1) is 11.8 Å². The van der Waals surface area contributed by atoms with Crippen LogP contribution in [0.3, 0.4) is 0 Å². The molecule has 0 aliphatic heterocycles. The third-order valence-electron chi connectivity index (χ3n) is 1.60. The Morgan fingerprint density at radius 3 is 2.50 bits per heavy atom. The summed E-state index contributed by atoms with van der Waals surface area (Å²) in [6.07, 6.45) is -5.20. The summed E-state index contributed by atoms with van der Waals surface area (Å²) >= 11 is 10.2. The molecule has 0 nitrogen and oxygen atoms in total. The highest BCUT2D eigenvalue weighted by atomic mass is 79.9. The Hall–Kier alpha value is 0.260.